The van der Waals surface area contributed by atoms with Crippen LogP contribution in [0.4, 0.5) is 13.2 Å². The van der Waals surface area contributed by atoms with Crippen molar-refractivity contribution in [3.8, 4) is 11.5 Å². The van der Waals surface area contributed by atoms with Crippen molar-refractivity contribution in [3.05, 3.63) is 23.8 Å². The van der Waals surface area contributed by atoms with Crippen LogP contribution < -0.4 is 20.1 Å². The summed E-state index contributed by atoms with van der Waals surface area (Å²) in [6, 6.07) is 5.67. The Morgan fingerprint density at radius 1 is 1.11 bits per heavy atom. The van der Waals surface area contributed by atoms with Gasteiger partial charge >= 0.3 is 6.18 Å². The zero-order valence-corrected chi connectivity index (χ0v) is 16.4. The molecular formula is C19H30F3N3O2. The third-order valence-electron chi connectivity index (χ3n) is 3.82. The molecule has 0 aliphatic heterocycles. The number of unbranched alkanes of at least 4 members (excludes halogenated alkanes) is 1. The molecule has 0 fully saturated rings. The van der Waals surface area contributed by atoms with Crippen LogP contribution in [0.2, 0.25) is 0 Å². The van der Waals surface area contributed by atoms with Crippen LogP contribution in [0.5, 0.6) is 11.5 Å². The molecule has 27 heavy (non-hydrogen) atoms. The van der Waals surface area contributed by atoms with Crippen molar-refractivity contribution < 1.29 is 22.6 Å². The first-order valence-corrected chi connectivity index (χ1v) is 9.24. The first kappa shape index (κ1) is 22.9. The molecule has 0 heterocycles. The third-order valence-corrected chi connectivity index (χ3v) is 3.82. The summed E-state index contributed by atoms with van der Waals surface area (Å²) in [5.74, 6) is 1.92. The first-order valence-electron chi connectivity index (χ1n) is 9.24. The van der Waals surface area contributed by atoms with Gasteiger partial charge in [0.25, 0.3) is 0 Å². The van der Waals surface area contributed by atoms with Crippen molar-refractivity contribution in [2.45, 2.75) is 52.3 Å². The molecule has 1 aromatic rings. The number of hydrogen-bond acceptors (Lipinski definition) is 3. The molecule has 0 saturated heterocycles. The van der Waals surface area contributed by atoms with E-state index in [-0.39, 0.29) is 12.5 Å². The van der Waals surface area contributed by atoms with E-state index in [2.05, 4.69) is 15.6 Å². The second-order valence-electron chi connectivity index (χ2n) is 6.01. The smallest absolute Gasteiger partial charge is 0.389 e. The minimum Gasteiger partial charge on any atom is -0.490 e. The standard InChI is InChI=1S/C19H30F3N3O2/c1-5-26-16-10-9-15(13-17(16)27-6-2)14(3)25-18(23-4)24-12-8-7-11-19(20,21)22/h9-10,13-14H,5-8,11-12H2,1-4H3,(H2,23,24,25). The Kier molecular flexibility index (Phi) is 9.82. The summed E-state index contributed by atoms with van der Waals surface area (Å²) in [6.07, 6.45) is -4.34. The molecule has 0 aliphatic rings. The van der Waals surface area contributed by atoms with E-state index in [1.54, 1.807) is 7.05 Å². The molecule has 2 N–H and O–H groups in total. The van der Waals surface area contributed by atoms with E-state index in [1.165, 1.54) is 0 Å². The highest BCUT2D eigenvalue weighted by Gasteiger charge is 2.25. The van der Waals surface area contributed by atoms with Crippen LogP contribution in [-0.2, 0) is 0 Å². The van der Waals surface area contributed by atoms with Gasteiger partial charge in [-0.25, -0.2) is 0 Å². The Bertz CT molecular complexity index is 592. The predicted molar refractivity (Wildman–Crippen MR) is 102 cm³/mol. The Morgan fingerprint density at radius 2 is 1.78 bits per heavy atom. The minimum atomic E-state index is -4.10. The number of ether oxygens (including phenoxy) is 2. The number of halogens is 3. The molecule has 0 bridgehead atoms. The maximum atomic E-state index is 12.2. The molecule has 0 amide bonds. The lowest BCUT2D eigenvalue weighted by molar-refractivity contribution is -0.135. The fraction of sp³-hybridized carbons (Fsp3) is 0.632. The average molecular weight is 389 g/mol. The van der Waals surface area contributed by atoms with Crippen molar-refractivity contribution in [2.75, 3.05) is 26.8 Å². The fourth-order valence-electron chi connectivity index (χ4n) is 2.48. The summed E-state index contributed by atoms with van der Waals surface area (Å²) in [5, 5.41) is 6.27. The first-order chi connectivity index (χ1) is 12.8. The minimum absolute atomic E-state index is 0.0683. The molecular weight excluding hydrogens is 359 g/mol. The van der Waals surface area contributed by atoms with Crippen LogP contribution in [0.15, 0.2) is 23.2 Å². The lowest BCUT2D eigenvalue weighted by Crippen LogP contribution is -2.39. The zero-order chi connectivity index (χ0) is 20.3. The van der Waals surface area contributed by atoms with Crippen LogP contribution in [0, 0.1) is 0 Å². The van der Waals surface area contributed by atoms with E-state index < -0.39 is 12.6 Å². The number of aliphatic imine (C=N–C) groups is 1. The molecule has 0 spiro atoms. The van der Waals surface area contributed by atoms with Crippen molar-refractivity contribution in [3.63, 3.8) is 0 Å². The summed E-state index contributed by atoms with van der Waals surface area (Å²) in [4.78, 5) is 4.12. The normalized spacial score (nSPS) is 13.2. The van der Waals surface area contributed by atoms with Gasteiger partial charge in [0.1, 0.15) is 0 Å². The third kappa shape index (κ3) is 8.88. The van der Waals surface area contributed by atoms with E-state index in [1.807, 2.05) is 39.0 Å². The van der Waals surface area contributed by atoms with Gasteiger partial charge in [-0.15, -0.1) is 0 Å². The topological polar surface area (TPSA) is 54.9 Å². The van der Waals surface area contributed by atoms with Gasteiger partial charge in [0.05, 0.1) is 19.3 Å². The van der Waals surface area contributed by atoms with Crippen LogP contribution >= 0.6 is 0 Å². The van der Waals surface area contributed by atoms with Gasteiger partial charge in [0.15, 0.2) is 17.5 Å². The van der Waals surface area contributed by atoms with Crippen molar-refractivity contribution in [2.24, 2.45) is 4.99 Å². The maximum Gasteiger partial charge on any atom is 0.389 e. The number of guanidine groups is 1. The summed E-state index contributed by atoms with van der Waals surface area (Å²) in [7, 11) is 1.63. The van der Waals surface area contributed by atoms with Gasteiger partial charge in [-0.05, 0) is 51.3 Å². The van der Waals surface area contributed by atoms with Crippen LogP contribution in [0.1, 0.15) is 51.6 Å². The van der Waals surface area contributed by atoms with E-state index in [4.69, 9.17) is 9.47 Å². The molecule has 1 aromatic carbocycles. The summed E-state index contributed by atoms with van der Waals surface area (Å²) in [6.45, 7) is 7.31. The summed E-state index contributed by atoms with van der Waals surface area (Å²) in [5.41, 5.74) is 0.988. The molecule has 0 aliphatic carbocycles. The van der Waals surface area contributed by atoms with Gasteiger partial charge in [-0.2, -0.15) is 13.2 Å². The molecule has 0 saturated carbocycles. The lowest BCUT2D eigenvalue weighted by atomic mass is 10.1. The van der Waals surface area contributed by atoms with Crippen LogP contribution in [0.3, 0.4) is 0 Å². The van der Waals surface area contributed by atoms with E-state index >= 15 is 0 Å². The van der Waals surface area contributed by atoms with Gasteiger partial charge in [-0.3, -0.25) is 4.99 Å². The molecule has 0 aromatic heterocycles. The van der Waals surface area contributed by atoms with Crippen LogP contribution in [-0.4, -0.2) is 38.9 Å². The second-order valence-corrected chi connectivity index (χ2v) is 6.01. The van der Waals surface area contributed by atoms with Crippen LogP contribution in [0.25, 0.3) is 0 Å². The van der Waals surface area contributed by atoms with Crippen molar-refractivity contribution >= 4 is 5.96 Å². The number of hydrogen-bond donors (Lipinski definition) is 2. The van der Waals surface area contributed by atoms with Gasteiger partial charge in [0.2, 0.25) is 0 Å². The van der Waals surface area contributed by atoms with E-state index in [0.29, 0.717) is 43.6 Å². The molecule has 0 radical (unpaired) electrons. The number of alkyl halides is 3. The quantitative estimate of drug-likeness (QED) is 0.353. The molecule has 5 nitrogen and oxygen atoms in total. The lowest BCUT2D eigenvalue weighted by Gasteiger charge is -2.20. The van der Waals surface area contributed by atoms with E-state index in [9.17, 15) is 13.2 Å². The maximum absolute atomic E-state index is 12.2. The van der Waals surface area contributed by atoms with Gasteiger partial charge in [0, 0.05) is 20.0 Å². The summed E-state index contributed by atoms with van der Waals surface area (Å²) < 4.78 is 47.7. The number of nitrogens with zero attached hydrogens (tertiary/aromatic N) is 1. The van der Waals surface area contributed by atoms with Gasteiger partial charge < -0.3 is 20.1 Å². The number of benzene rings is 1. The predicted octanol–water partition coefficient (Wildman–Crippen LogP) is 4.44. The molecule has 1 rings (SSSR count). The zero-order valence-electron chi connectivity index (χ0n) is 16.4. The summed E-state index contributed by atoms with van der Waals surface area (Å²) >= 11 is 0. The SMILES string of the molecule is CCOc1ccc(C(C)NC(=NC)NCCCCC(F)(F)F)cc1OCC. The Labute approximate surface area is 159 Å². The fourth-order valence-corrected chi connectivity index (χ4v) is 2.48. The van der Waals surface area contributed by atoms with Crippen molar-refractivity contribution in [1.29, 1.82) is 0 Å². The monoisotopic (exact) mass is 389 g/mol. The van der Waals surface area contributed by atoms with E-state index in [0.717, 1.165) is 5.56 Å². The molecule has 8 heteroatoms. The van der Waals surface area contributed by atoms with Crippen molar-refractivity contribution in [1.82, 2.24) is 10.6 Å². The number of nitrogens with one attached hydrogen (secondary N) is 2. The highest BCUT2D eigenvalue weighted by molar-refractivity contribution is 5.80. The Balaban J connectivity index is 2.59. The second kappa shape index (κ2) is 11.6. The highest BCUT2D eigenvalue weighted by atomic mass is 19.4. The molecule has 1 atom stereocenters. The van der Waals surface area contributed by atoms with Gasteiger partial charge in [-0.1, -0.05) is 6.07 Å². The number of rotatable bonds is 10. The Hall–Kier alpha value is -2.12. The molecule has 1 unspecified atom stereocenters. The highest BCUT2D eigenvalue weighted by Crippen LogP contribution is 2.30. The Morgan fingerprint density at radius 3 is 2.37 bits per heavy atom. The largest absolute Gasteiger partial charge is 0.490 e. The molecule has 154 valence electrons. The average Bonchev–Trinajstić information content (AvgIpc) is 2.61.